The fourth-order valence-electron chi connectivity index (χ4n) is 2.24. The van der Waals surface area contributed by atoms with E-state index in [2.05, 4.69) is 60.5 Å². The Kier molecular flexibility index (Phi) is 3.15. The van der Waals surface area contributed by atoms with Gasteiger partial charge in [0.1, 0.15) is 5.84 Å². The van der Waals surface area contributed by atoms with Gasteiger partial charge in [0.25, 0.3) is 0 Å². The van der Waals surface area contributed by atoms with E-state index in [4.69, 9.17) is 4.99 Å². The Bertz CT molecular complexity index is 627. The third-order valence-corrected chi connectivity index (χ3v) is 3.22. The van der Waals surface area contributed by atoms with Gasteiger partial charge in [-0.05, 0) is 24.3 Å². The maximum atomic E-state index is 4.80. The third-order valence-electron chi connectivity index (χ3n) is 3.22. The largest absolute Gasteiger partial charge is 0.305 e. The van der Waals surface area contributed by atoms with Crippen molar-refractivity contribution in [1.82, 2.24) is 0 Å². The zero-order valence-corrected chi connectivity index (χ0v) is 11.0. The van der Waals surface area contributed by atoms with Crippen molar-refractivity contribution < 1.29 is 0 Å². The van der Waals surface area contributed by atoms with Crippen LogP contribution in [0, 0.1) is 0 Å². The molecule has 2 aromatic rings. The highest BCUT2D eigenvalue weighted by Crippen LogP contribution is 2.27. The molecule has 0 radical (unpaired) electrons. The number of aliphatic imine (C=N–C) groups is 1. The lowest BCUT2D eigenvalue weighted by Gasteiger charge is -2.20. The van der Waals surface area contributed by atoms with Crippen LogP contribution in [0.15, 0.2) is 65.8 Å². The minimum Gasteiger partial charge on any atom is -0.305 e. The molecule has 3 rings (SSSR count). The van der Waals surface area contributed by atoms with E-state index < -0.39 is 0 Å². The molecule has 0 fully saturated rings. The number of rotatable bonds is 2. The van der Waals surface area contributed by atoms with Crippen LogP contribution in [0.5, 0.6) is 0 Å². The van der Waals surface area contributed by atoms with Crippen LogP contribution in [0.2, 0.25) is 0 Å². The average molecular weight is 248 g/mol. The van der Waals surface area contributed by atoms with Crippen molar-refractivity contribution in [3.63, 3.8) is 0 Å². The Morgan fingerprint density at radius 1 is 0.947 bits per heavy atom. The molecule has 2 nitrogen and oxygen atoms in total. The van der Waals surface area contributed by atoms with Gasteiger partial charge in [0.2, 0.25) is 0 Å². The number of amidine groups is 1. The van der Waals surface area contributed by atoms with E-state index in [9.17, 15) is 0 Å². The Morgan fingerprint density at radius 3 is 2.47 bits per heavy atom. The lowest BCUT2D eigenvalue weighted by atomic mass is 10.2. The fraction of sp³-hybridized carbons (Fsp3) is 0.118. The van der Waals surface area contributed by atoms with Crippen LogP contribution >= 0.6 is 0 Å². The second-order valence-corrected chi connectivity index (χ2v) is 4.46. The van der Waals surface area contributed by atoms with Crippen molar-refractivity contribution in [2.75, 3.05) is 4.90 Å². The van der Waals surface area contributed by atoms with E-state index in [-0.39, 0.29) is 0 Å². The van der Waals surface area contributed by atoms with Crippen molar-refractivity contribution >= 4 is 23.3 Å². The predicted octanol–water partition coefficient (Wildman–Crippen LogP) is 4.62. The number of hydrogen-bond acceptors (Lipinski definition) is 2. The van der Waals surface area contributed by atoms with Crippen molar-refractivity contribution in [1.29, 1.82) is 0 Å². The van der Waals surface area contributed by atoms with Gasteiger partial charge in [-0.1, -0.05) is 43.3 Å². The van der Waals surface area contributed by atoms with E-state index in [0.29, 0.717) is 0 Å². The maximum Gasteiger partial charge on any atom is 0.113 e. The molecule has 0 aliphatic carbocycles. The summed E-state index contributed by atoms with van der Waals surface area (Å²) >= 11 is 0. The Hall–Kier alpha value is -2.35. The first-order chi connectivity index (χ1) is 9.38. The summed E-state index contributed by atoms with van der Waals surface area (Å²) in [6.07, 6.45) is 5.12. The number of nitrogens with zero attached hydrogens (tertiary/aromatic N) is 2. The van der Waals surface area contributed by atoms with Crippen molar-refractivity contribution in [3.8, 4) is 0 Å². The zero-order valence-electron chi connectivity index (χ0n) is 11.0. The summed E-state index contributed by atoms with van der Waals surface area (Å²) in [6.45, 7) is 2.14. The van der Waals surface area contributed by atoms with Crippen LogP contribution in [0.3, 0.4) is 0 Å². The van der Waals surface area contributed by atoms with Gasteiger partial charge in [-0.3, -0.25) is 0 Å². The zero-order chi connectivity index (χ0) is 13.1. The van der Waals surface area contributed by atoms with Crippen LogP contribution in [0.4, 0.5) is 11.4 Å². The summed E-state index contributed by atoms with van der Waals surface area (Å²) in [5.41, 5.74) is 3.34. The van der Waals surface area contributed by atoms with Crippen LogP contribution in [-0.2, 0) is 0 Å². The molecule has 2 aromatic carbocycles. The molecular weight excluding hydrogens is 232 g/mol. The van der Waals surface area contributed by atoms with Gasteiger partial charge in [0.15, 0.2) is 0 Å². The minimum absolute atomic E-state index is 0.896. The summed E-state index contributed by atoms with van der Waals surface area (Å²) in [5, 5.41) is 0. The first-order valence-corrected chi connectivity index (χ1v) is 6.57. The molecule has 0 atom stereocenters. The molecule has 0 unspecified atom stereocenters. The molecule has 0 aromatic heterocycles. The fourth-order valence-corrected chi connectivity index (χ4v) is 2.24. The number of fused-ring (bicyclic) bond motifs is 1. The molecule has 1 aliphatic rings. The van der Waals surface area contributed by atoms with Gasteiger partial charge < -0.3 is 4.90 Å². The number of para-hydroxylation sites is 2. The van der Waals surface area contributed by atoms with Gasteiger partial charge in [0, 0.05) is 23.9 Å². The quantitative estimate of drug-likeness (QED) is 0.757. The van der Waals surface area contributed by atoms with E-state index in [1.54, 1.807) is 0 Å². The summed E-state index contributed by atoms with van der Waals surface area (Å²) < 4.78 is 0. The topological polar surface area (TPSA) is 15.6 Å². The van der Waals surface area contributed by atoms with Crippen LogP contribution in [-0.4, -0.2) is 5.84 Å². The minimum atomic E-state index is 0.896. The van der Waals surface area contributed by atoms with Gasteiger partial charge in [0.05, 0.1) is 5.69 Å². The van der Waals surface area contributed by atoms with E-state index in [1.807, 2.05) is 18.2 Å². The van der Waals surface area contributed by atoms with E-state index in [1.165, 1.54) is 0 Å². The summed E-state index contributed by atoms with van der Waals surface area (Å²) in [5.74, 6) is 1.06. The lowest BCUT2D eigenvalue weighted by Crippen LogP contribution is -2.23. The Labute approximate surface area is 113 Å². The Balaban J connectivity index is 2.09. The molecule has 0 N–H and O–H groups in total. The SMILES string of the molecule is CCC1=Nc2ccccc2C=CN1c1ccccc1. The van der Waals surface area contributed by atoms with Crippen LogP contribution < -0.4 is 4.90 Å². The highest BCUT2D eigenvalue weighted by molar-refractivity contribution is 6.02. The van der Waals surface area contributed by atoms with Crippen LogP contribution in [0.25, 0.3) is 6.08 Å². The van der Waals surface area contributed by atoms with Gasteiger partial charge in [-0.15, -0.1) is 0 Å². The number of hydrogen-bond donors (Lipinski definition) is 0. The normalized spacial score (nSPS) is 13.7. The summed E-state index contributed by atoms with van der Waals surface area (Å²) in [4.78, 5) is 6.95. The maximum absolute atomic E-state index is 4.80. The van der Waals surface area contributed by atoms with Gasteiger partial charge in [-0.2, -0.15) is 0 Å². The first-order valence-electron chi connectivity index (χ1n) is 6.57. The highest BCUT2D eigenvalue weighted by atomic mass is 15.2. The molecule has 94 valence electrons. The van der Waals surface area contributed by atoms with Crippen molar-refractivity contribution in [3.05, 3.63) is 66.4 Å². The highest BCUT2D eigenvalue weighted by Gasteiger charge is 2.13. The molecule has 1 aliphatic heterocycles. The Morgan fingerprint density at radius 2 is 1.68 bits per heavy atom. The van der Waals surface area contributed by atoms with E-state index in [0.717, 1.165) is 29.2 Å². The second kappa shape index (κ2) is 5.11. The molecule has 1 heterocycles. The molecular formula is C17H16N2. The van der Waals surface area contributed by atoms with Crippen LogP contribution in [0.1, 0.15) is 18.9 Å². The van der Waals surface area contributed by atoms with Gasteiger partial charge in [-0.25, -0.2) is 4.99 Å². The molecule has 0 saturated heterocycles. The molecule has 0 saturated carbocycles. The smallest absolute Gasteiger partial charge is 0.113 e. The van der Waals surface area contributed by atoms with Crippen molar-refractivity contribution in [2.24, 2.45) is 4.99 Å². The van der Waals surface area contributed by atoms with E-state index >= 15 is 0 Å². The lowest BCUT2D eigenvalue weighted by molar-refractivity contribution is 1.19. The standard InChI is InChI=1S/C17H16N2/c1-2-17-18-16-11-7-6-8-14(16)12-13-19(17)15-9-4-3-5-10-15/h3-13H,2H2,1H3. The molecule has 0 amide bonds. The monoisotopic (exact) mass is 248 g/mol. The van der Waals surface area contributed by atoms with Crippen molar-refractivity contribution in [2.45, 2.75) is 13.3 Å². The molecule has 2 heteroatoms. The second-order valence-electron chi connectivity index (χ2n) is 4.46. The average Bonchev–Trinajstić information content (AvgIpc) is 2.67. The molecule has 0 spiro atoms. The summed E-state index contributed by atoms with van der Waals surface area (Å²) in [7, 11) is 0. The summed E-state index contributed by atoms with van der Waals surface area (Å²) in [6, 6.07) is 18.6. The van der Waals surface area contributed by atoms with Gasteiger partial charge >= 0.3 is 0 Å². The number of anilines is 1. The first kappa shape index (κ1) is 11.7. The molecule has 0 bridgehead atoms. The molecule has 19 heavy (non-hydrogen) atoms. The number of benzene rings is 2. The third kappa shape index (κ3) is 2.29. The predicted molar refractivity (Wildman–Crippen MR) is 81.8 cm³/mol.